The summed E-state index contributed by atoms with van der Waals surface area (Å²) in [5.41, 5.74) is 4.41. The number of benzene rings is 3. The van der Waals surface area contributed by atoms with E-state index in [1.165, 1.54) is 39.9 Å². The summed E-state index contributed by atoms with van der Waals surface area (Å²) in [6.07, 6.45) is 7.84. The van der Waals surface area contributed by atoms with Crippen LogP contribution in [-0.2, 0) is 20.6 Å². The highest BCUT2D eigenvalue weighted by molar-refractivity contribution is 7.00. The normalized spacial score (nSPS) is 27.2. The monoisotopic (exact) mass is 665 g/mol. The molecule has 1 spiro atoms. The van der Waals surface area contributed by atoms with Crippen molar-refractivity contribution in [1.82, 2.24) is 4.90 Å². The molecule has 1 saturated heterocycles. The molecule has 3 aliphatic carbocycles. The quantitative estimate of drug-likeness (QED) is 0.136. The van der Waals surface area contributed by atoms with E-state index in [2.05, 4.69) is 132 Å². The van der Waals surface area contributed by atoms with E-state index >= 15 is 0 Å². The first-order valence-electron chi connectivity index (χ1n) is 18.2. The van der Waals surface area contributed by atoms with Gasteiger partial charge in [-0.1, -0.05) is 106 Å². The number of hydrogen-bond donors (Lipinski definition) is 0. The Balaban J connectivity index is 1.26. The van der Waals surface area contributed by atoms with Gasteiger partial charge in [-0.2, -0.15) is 0 Å². The molecule has 1 aliphatic heterocycles. The number of allylic oxidation sites excluding steroid dienone is 1. The van der Waals surface area contributed by atoms with Crippen molar-refractivity contribution in [3.63, 3.8) is 0 Å². The molecule has 0 N–H and O–H groups in total. The van der Waals surface area contributed by atoms with Crippen molar-refractivity contribution in [3.05, 3.63) is 102 Å². The van der Waals surface area contributed by atoms with Gasteiger partial charge in [0.25, 0.3) is 0 Å². The third kappa shape index (κ3) is 5.71. The van der Waals surface area contributed by atoms with Crippen molar-refractivity contribution in [2.45, 2.75) is 76.5 Å². The average molecular weight is 666 g/mol. The van der Waals surface area contributed by atoms with Gasteiger partial charge in [-0.05, 0) is 90.3 Å². The molecule has 1 heterocycles. The van der Waals surface area contributed by atoms with E-state index < -0.39 is 14.1 Å². The number of rotatable bonds is 9. The van der Waals surface area contributed by atoms with Crippen LogP contribution in [0.1, 0.15) is 70.4 Å². The second kappa shape index (κ2) is 13.2. The average Bonchev–Trinajstić information content (AvgIpc) is 3.68. The standard InChI is InChI=1S/C42H55NO4Si/c1-40(2,3)48(34-13-9-7-10-14-34,35-15-11-8-12-16-35)47-33-18-20-36-31(29-33)17-19-37-38-21-23-42(45-27-28-46-42)41(38,4)30-32(39(36)37)22-25-44-26-24-43(5)6/h7-16,18,20,22,29,37-39H,17,19,21,23-28,30H2,1-6H3/b32-22+. The first-order chi connectivity index (χ1) is 23.1. The van der Waals surface area contributed by atoms with Gasteiger partial charge in [0.05, 0.1) is 26.4 Å². The van der Waals surface area contributed by atoms with E-state index in [0.29, 0.717) is 37.6 Å². The highest BCUT2D eigenvalue weighted by Crippen LogP contribution is 2.67. The van der Waals surface area contributed by atoms with Gasteiger partial charge in [-0.15, -0.1) is 0 Å². The first-order valence-corrected chi connectivity index (χ1v) is 20.1. The summed E-state index contributed by atoms with van der Waals surface area (Å²) in [5.74, 6) is 2.09. The number of ether oxygens (including phenoxy) is 3. The molecule has 3 aromatic rings. The van der Waals surface area contributed by atoms with Crippen LogP contribution >= 0.6 is 0 Å². The van der Waals surface area contributed by atoms with E-state index in [0.717, 1.165) is 38.2 Å². The van der Waals surface area contributed by atoms with E-state index in [9.17, 15) is 0 Å². The third-order valence-electron chi connectivity index (χ3n) is 12.2. The summed E-state index contributed by atoms with van der Waals surface area (Å²) >= 11 is 0. The van der Waals surface area contributed by atoms with E-state index in [-0.39, 0.29) is 10.5 Å². The number of nitrogens with zero attached hydrogens (tertiary/aromatic N) is 1. The molecule has 48 heavy (non-hydrogen) atoms. The minimum absolute atomic E-state index is 0.0238. The van der Waals surface area contributed by atoms with Crippen LogP contribution in [0.15, 0.2) is 90.5 Å². The van der Waals surface area contributed by atoms with Crippen molar-refractivity contribution in [1.29, 1.82) is 0 Å². The second-order valence-electron chi connectivity index (χ2n) is 16.2. The maximum absolute atomic E-state index is 7.49. The fourth-order valence-electron chi connectivity index (χ4n) is 9.96. The molecule has 4 unspecified atom stereocenters. The molecule has 0 amide bonds. The lowest BCUT2D eigenvalue weighted by Crippen LogP contribution is -2.68. The third-order valence-corrected chi connectivity index (χ3v) is 17.1. The van der Waals surface area contributed by atoms with Gasteiger partial charge in [0.15, 0.2) is 5.79 Å². The van der Waals surface area contributed by atoms with Gasteiger partial charge in [0, 0.05) is 24.3 Å². The minimum Gasteiger partial charge on any atom is -0.534 e. The molecule has 3 fully saturated rings. The topological polar surface area (TPSA) is 40.2 Å². The predicted octanol–water partition coefficient (Wildman–Crippen LogP) is 7.34. The Morgan fingerprint density at radius 3 is 2.21 bits per heavy atom. The maximum Gasteiger partial charge on any atom is 0.319 e. The van der Waals surface area contributed by atoms with Crippen molar-refractivity contribution in [2.24, 2.45) is 17.3 Å². The van der Waals surface area contributed by atoms with Gasteiger partial charge in [0.2, 0.25) is 0 Å². The smallest absolute Gasteiger partial charge is 0.319 e. The summed E-state index contributed by atoms with van der Waals surface area (Å²) in [4.78, 5) is 2.18. The van der Waals surface area contributed by atoms with Crippen LogP contribution < -0.4 is 14.8 Å². The molecule has 2 saturated carbocycles. The van der Waals surface area contributed by atoms with Crippen molar-refractivity contribution < 1.29 is 18.6 Å². The Morgan fingerprint density at radius 1 is 0.917 bits per heavy atom. The summed E-state index contributed by atoms with van der Waals surface area (Å²) < 4.78 is 26.7. The minimum atomic E-state index is -2.72. The zero-order valence-corrected chi connectivity index (χ0v) is 31.0. The SMILES string of the molecule is CN(C)CCOC/C=C1\CC2(C)C(CCC23OCCO3)C2CCc3cc(O[Si](c4ccccc4)(c4ccccc4)C(C)(C)C)ccc3C12. The molecule has 7 rings (SSSR count). The van der Waals surface area contributed by atoms with Crippen LogP contribution in [0.2, 0.25) is 5.04 Å². The zero-order chi connectivity index (χ0) is 33.6. The molecule has 4 aliphatic rings. The highest BCUT2D eigenvalue weighted by atomic mass is 28.4. The Hall–Kier alpha value is -2.74. The Bertz CT molecular complexity index is 1550. The van der Waals surface area contributed by atoms with Crippen molar-refractivity contribution >= 4 is 18.7 Å². The Morgan fingerprint density at radius 2 is 1.58 bits per heavy atom. The number of likely N-dealkylation sites (N-methyl/N-ethyl adjacent to an activating group) is 1. The lowest BCUT2D eigenvalue weighted by atomic mass is 9.53. The summed E-state index contributed by atoms with van der Waals surface area (Å²) in [7, 11) is 1.47. The highest BCUT2D eigenvalue weighted by Gasteiger charge is 2.66. The van der Waals surface area contributed by atoms with Crippen molar-refractivity contribution in [2.75, 3.05) is 47.1 Å². The fraction of sp³-hybridized carbons (Fsp3) is 0.524. The van der Waals surface area contributed by atoms with Crippen LogP contribution in [0.3, 0.4) is 0 Å². The van der Waals surface area contributed by atoms with Gasteiger partial charge >= 0.3 is 8.32 Å². The lowest BCUT2D eigenvalue weighted by molar-refractivity contribution is -0.232. The summed E-state index contributed by atoms with van der Waals surface area (Å²) in [6, 6.07) is 29.0. The zero-order valence-electron chi connectivity index (χ0n) is 30.0. The van der Waals surface area contributed by atoms with Gasteiger partial charge < -0.3 is 23.5 Å². The summed E-state index contributed by atoms with van der Waals surface area (Å²) in [5, 5.41) is 2.52. The molecule has 0 aromatic heterocycles. The van der Waals surface area contributed by atoms with Crippen LogP contribution in [-0.4, -0.2) is 66.1 Å². The molecule has 0 radical (unpaired) electrons. The van der Waals surface area contributed by atoms with E-state index in [1.54, 1.807) is 0 Å². The number of hydrogen-bond acceptors (Lipinski definition) is 5. The Kier molecular flexibility index (Phi) is 9.27. The predicted molar refractivity (Wildman–Crippen MR) is 197 cm³/mol. The molecule has 0 bridgehead atoms. The molecule has 6 heteroatoms. The molecular formula is C42H55NO4Si. The van der Waals surface area contributed by atoms with Gasteiger partial charge in [0.1, 0.15) is 5.75 Å². The van der Waals surface area contributed by atoms with E-state index in [1.807, 2.05) is 0 Å². The van der Waals surface area contributed by atoms with Gasteiger partial charge in [-0.3, -0.25) is 0 Å². The van der Waals surface area contributed by atoms with Crippen molar-refractivity contribution in [3.8, 4) is 5.75 Å². The van der Waals surface area contributed by atoms with Crippen LogP contribution in [0.4, 0.5) is 0 Å². The molecule has 4 atom stereocenters. The Labute approximate surface area is 289 Å². The lowest BCUT2D eigenvalue weighted by Gasteiger charge is -2.54. The molecule has 256 valence electrons. The number of aryl methyl sites for hydroxylation is 1. The fourth-order valence-corrected chi connectivity index (χ4v) is 14.4. The largest absolute Gasteiger partial charge is 0.534 e. The second-order valence-corrected chi connectivity index (χ2v) is 20.4. The molecule has 5 nitrogen and oxygen atoms in total. The van der Waals surface area contributed by atoms with Crippen LogP contribution in [0.25, 0.3) is 0 Å². The summed E-state index contributed by atoms with van der Waals surface area (Å²) in [6.45, 7) is 13.2. The van der Waals surface area contributed by atoms with E-state index in [4.69, 9.17) is 18.6 Å². The molecular weight excluding hydrogens is 611 g/mol. The number of fused-ring (bicyclic) bond motifs is 6. The first kappa shape index (κ1) is 33.7. The van der Waals surface area contributed by atoms with Crippen LogP contribution in [0.5, 0.6) is 5.75 Å². The van der Waals surface area contributed by atoms with Gasteiger partial charge in [-0.25, -0.2) is 0 Å². The molecule has 3 aromatic carbocycles. The van der Waals surface area contributed by atoms with Crippen LogP contribution in [0, 0.1) is 17.3 Å². The maximum atomic E-state index is 7.49.